The molecule has 17 heavy (non-hydrogen) atoms. The van der Waals surface area contributed by atoms with E-state index in [1.807, 2.05) is 30.3 Å². The molecule has 0 unspecified atom stereocenters. The van der Waals surface area contributed by atoms with Crippen LogP contribution < -0.4 is 4.74 Å². The number of para-hydroxylation sites is 1. The highest BCUT2D eigenvalue weighted by Gasteiger charge is 2.03. The zero-order valence-corrected chi connectivity index (χ0v) is 9.82. The van der Waals surface area contributed by atoms with E-state index in [-0.39, 0.29) is 0 Å². The molecule has 0 N–H and O–H groups in total. The predicted molar refractivity (Wildman–Crippen MR) is 66.9 cm³/mol. The average Bonchev–Trinajstić information content (AvgIpc) is 2.38. The standard InChI is InChI=1S/C14H10ClNO/c15-13-7-3-4-8-14(13)17-10-12-6-2-1-5-11(12)9-16/h1-8H,10H2. The molecule has 0 saturated heterocycles. The van der Waals surface area contributed by atoms with Gasteiger partial charge in [0.1, 0.15) is 12.4 Å². The molecule has 2 nitrogen and oxygen atoms in total. The van der Waals surface area contributed by atoms with Gasteiger partial charge in [0.25, 0.3) is 0 Å². The first-order valence-electron chi connectivity index (χ1n) is 5.16. The summed E-state index contributed by atoms with van der Waals surface area (Å²) in [4.78, 5) is 0. The van der Waals surface area contributed by atoms with Gasteiger partial charge in [-0.15, -0.1) is 0 Å². The fourth-order valence-corrected chi connectivity index (χ4v) is 1.66. The fourth-order valence-electron chi connectivity index (χ4n) is 1.47. The molecule has 0 spiro atoms. The molecule has 0 amide bonds. The topological polar surface area (TPSA) is 33.0 Å². The van der Waals surface area contributed by atoms with Crippen molar-refractivity contribution in [1.82, 2.24) is 0 Å². The van der Waals surface area contributed by atoms with Crippen molar-refractivity contribution in [2.45, 2.75) is 6.61 Å². The zero-order chi connectivity index (χ0) is 12.1. The summed E-state index contributed by atoms with van der Waals surface area (Å²) in [6, 6.07) is 16.8. The highest BCUT2D eigenvalue weighted by molar-refractivity contribution is 6.32. The van der Waals surface area contributed by atoms with Crippen LogP contribution in [0.15, 0.2) is 48.5 Å². The van der Waals surface area contributed by atoms with Crippen LogP contribution in [0.25, 0.3) is 0 Å². The summed E-state index contributed by atoms with van der Waals surface area (Å²) in [6.45, 7) is 0.341. The number of nitrogens with zero attached hydrogens (tertiary/aromatic N) is 1. The SMILES string of the molecule is N#Cc1ccccc1COc1ccccc1Cl. The van der Waals surface area contributed by atoms with Crippen LogP contribution in [0.4, 0.5) is 0 Å². The van der Waals surface area contributed by atoms with Gasteiger partial charge in [-0.25, -0.2) is 0 Å². The number of halogens is 1. The highest BCUT2D eigenvalue weighted by Crippen LogP contribution is 2.24. The van der Waals surface area contributed by atoms with Gasteiger partial charge in [0, 0.05) is 5.56 Å². The third-order valence-corrected chi connectivity index (χ3v) is 2.67. The molecule has 0 atom stereocenters. The Kier molecular flexibility index (Phi) is 3.64. The van der Waals surface area contributed by atoms with Crippen molar-refractivity contribution in [1.29, 1.82) is 5.26 Å². The Morgan fingerprint density at radius 2 is 1.76 bits per heavy atom. The molecule has 2 aromatic rings. The second-order valence-corrected chi connectivity index (χ2v) is 3.90. The first-order chi connectivity index (χ1) is 8.31. The molecule has 0 heterocycles. The molecule has 84 valence electrons. The van der Waals surface area contributed by atoms with Gasteiger partial charge in [-0.05, 0) is 18.2 Å². The van der Waals surface area contributed by atoms with Crippen LogP contribution in [-0.2, 0) is 6.61 Å². The summed E-state index contributed by atoms with van der Waals surface area (Å²) in [6.07, 6.45) is 0. The lowest BCUT2D eigenvalue weighted by Crippen LogP contribution is -1.98. The maximum atomic E-state index is 8.94. The molecule has 0 fully saturated rings. The van der Waals surface area contributed by atoms with Gasteiger partial charge >= 0.3 is 0 Å². The van der Waals surface area contributed by atoms with E-state index in [0.717, 1.165) is 5.56 Å². The number of hydrogen-bond acceptors (Lipinski definition) is 2. The number of benzene rings is 2. The molecule has 0 bridgehead atoms. The Hall–Kier alpha value is -1.98. The number of nitriles is 1. The van der Waals surface area contributed by atoms with E-state index in [9.17, 15) is 0 Å². The van der Waals surface area contributed by atoms with Gasteiger partial charge in [-0.1, -0.05) is 41.9 Å². The van der Waals surface area contributed by atoms with Crippen molar-refractivity contribution >= 4 is 11.6 Å². The van der Waals surface area contributed by atoms with Gasteiger partial charge < -0.3 is 4.74 Å². The minimum absolute atomic E-state index is 0.341. The minimum atomic E-state index is 0.341. The van der Waals surface area contributed by atoms with E-state index in [4.69, 9.17) is 21.6 Å². The van der Waals surface area contributed by atoms with Crippen molar-refractivity contribution in [2.75, 3.05) is 0 Å². The monoisotopic (exact) mass is 243 g/mol. The lowest BCUT2D eigenvalue weighted by molar-refractivity contribution is 0.306. The third kappa shape index (κ3) is 2.77. The van der Waals surface area contributed by atoms with Crippen LogP contribution in [0.2, 0.25) is 5.02 Å². The van der Waals surface area contributed by atoms with Gasteiger partial charge in [0.15, 0.2) is 0 Å². The lowest BCUT2D eigenvalue weighted by Gasteiger charge is -2.08. The molecule has 0 aliphatic rings. The van der Waals surface area contributed by atoms with Crippen LogP contribution >= 0.6 is 11.6 Å². The van der Waals surface area contributed by atoms with Crippen molar-refractivity contribution in [2.24, 2.45) is 0 Å². The summed E-state index contributed by atoms with van der Waals surface area (Å²) in [5.41, 5.74) is 1.48. The molecule has 0 aromatic heterocycles. The van der Waals surface area contributed by atoms with Gasteiger partial charge in [0.05, 0.1) is 16.7 Å². The molecule has 0 radical (unpaired) electrons. The summed E-state index contributed by atoms with van der Waals surface area (Å²) in [7, 11) is 0. The van der Waals surface area contributed by atoms with Crippen molar-refractivity contribution < 1.29 is 4.74 Å². The smallest absolute Gasteiger partial charge is 0.138 e. The molecule has 0 aliphatic heterocycles. The fraction of sp³-hybridized carbons (Fsp3) is 0.0714. The van der Waals surface area contributed by atoms with E-state index in [1.54, 1.807) is 18.2 Å². The van der Waals surface area contributed by atoms with E-state index < -0.39 is 0 Å². The largest absolute Gasteiger partial charge is 0.487 e. The number of rotatable bonds is 3. The van der Waals surface area contributed by atoms with Gasteiger partial charge in [-0.3, -0.25) is 0 Å². The molecular formula is C14H10ClNO. The summed E-state index contributed by atoms with van der Waals surface area (Å²) < 4.78 is 5.58. The van der Waals surface area contributed by atoms with Gasteiger partial charge in [0.2, 0.25) is 0 Å². The molecule has 2 aromatic carbocycles. The van der Waals surface area contributed by atoms with E-state index in [2.05, 4.69) is 6.07 Å². The van der Waals surface area contributed by atoms with Crippen LogP contribution in [0.5, 0.6) is 5.75 Å². The summed E-state index contributed by atoms with van der Waals surface area (Å²) in [5, 5.41) is 9.51. The normalized spacial score (nSPS) is 9.65. The van der Waals surface area contributed by atoms with Crippen molar-refractivity contribution in [3.05, 3.63) is 64.7 Å². The highest BCUT2D eigenvalue weighted by atomic mass is 35.5. The Labute approximate surface area is 105 Å². The molecule has 0 saturated carbocycles. The van der Waals surface area contributed by atoms with E-state index >= 15 is 0 Å². The molecule has 0 aliphatic carbocycles. The van der Waals surface area contributed by atoms with Crippen molar-refractivity contribution in [3.63, 3.8) is 0 Å². The Bertz CT molecular complexity index is 560. The Morgan fingerprint density at radius 1 is 1.06 bits per heavy atom. The first-order valence-corrected chi connectivity index (χ1v) is 5.54. The van der Waals surface area contributed by atoms with Crippen LogP contribution in [0.3, 0.4) is 0 Å². The minimum Gasteiger partial charge on any atom is -0.487 e. The second-order valence-electron chi connectivity index (χ2n) is 3.49. The zero-order valence-electron chi connectivity index (χ0n) is 9.06. The summed E-state index contributed by atoms with van der Waals surface area (Å²) in [5.74, 6) is 0.627. The van der Waals surface area contributed by atoms with E-state index in [0.29, 0.717) is 22.9 Å². The van der Waals surface area contributed by atoms with Gasteiger partial charge in [-0.2, -0.15) is 5.26 Å². The maximum absolute atomic E-state index is 8.94. The average molecular weight is 244 g/mol. The maximum Gasteiger partial charge on any atom is 0.138 e. The molecule has 3 heteroatoms. The summed E-state index contributed by atoms with van der Waals surface area (Å²) >= 11 is 5.97. The van der Waals surface area contributed by atoms with Crippen LogP contribution in [0, 0.1) is 11.3 Å². The van der Waals surface area contributed by atoms with Crippen LogP contribution in [0.1, 0.15) is 11.1 Å². The lowest BCUT2D eigenvalue weighted by atomic mass is 10.1. The Balaban J connectivity index is 2.13. The number of hydrogen-bond donors (Lipinski definition) is 0. The number of ether oxygens (including phenoxy) is 1. The third-order valence-electron chi connectivity index (χ3n) is 2.36. The quantitative estimate of drug-likeness (QED) is 0.822. The predicted octanol–water partition coefficient (Wildman–Crippen LogP) is 3.79. The second kappa shape index (κ2) is 5.38. The molecule has 2 rings (SSSR count). The van der Waals surface area contributed by atoms with E-state index in [1.165, 1.54) is 0 Å². The first kappa shape index (κ1) is 11.5. The van der Waals surface area contributed by atoms with Crippen molar-refractivity contribution in [3.8, 4) is 11.8 Å². The molecular weight excluding hydrogens is 234 g/mol. The van der Waals surface area contributed by atoms with Crippen LogP contribution in [-0.4, -0.2) is 0 Å². The Morgan fingerprint density at radius 3 is 2.53 bits per heavy atom.